The molecule has 2 aliphatic rings. The van der Waals surface area contributed by atoms with Crippen molar-refractivity contribution in [3.05, 3.63) is 0 Å². The summed E-state index contributed by atoms with van der Waals surface area (Å²) < 4.78 is 5.51. The zero-order valence-corrected chi connectivity index (χ0v) is 17.5. The van der Waals surface area contributed by atoms with Gasteiger partial charge in [0.05, 0.1) is 19.8 Å². The first-order valence-electron chi connectivity index (χ1n) is 10.6. The molecule has 152 valence electrons. The predicted octanol–water partition coefficient (Wildman–Crippen LogP) is 1.63. The van der Waals surface area contributed by atoms with Crippen LogP contribution in [0.1, 0.15) is 40.0 Å². The number of piperidine rings is 1. The van der Waals surface area contributed by atoms with E-state index in [2.05, 4.69) is 48.3 Å². The number of hydrogen-bond acceptors (Lipinski definition) is 4. The smallest absolute Gasteiger partial charge is 0.191 e. The molecule has 0 aromatic carbocycles. The van der Waals surface area contributed by atoms with Gasteiger partial charge in [-0.05, 0) is 58.2 Å². The fraction of sp³-hybridized carbons (Fsp3) is 0.950. The van der Waals surface area contributed by atoms with E-state index in [0.717, 1.165) is 57.8 Å². The number of aliphatic imine (C=N–C) groups is 1. The highest BCUT2D eigenvalue weighted by Gasteiger charge is 2.23. The fourth-order valence-corrected chi connectivity index (χ4v) is 3.93. The van der Waals surface area contributed by atoms with Gasteiger partial charge in [0.1, 0.15) is 0 Å². The molecular formula is C20H41N5O. The number of guanidine groups is 1. The van der Waals surface area contributed by atoms with Crippen molar-refractivity contribution in [2.24, 2.45) is 16.8 Å². The maximum absolute atomic E-state index is 5.51. The molecule has 0 radical (unpaired) electrons. The summed E-state index contributed by atoms with van der Waals surface area (Å²) >= 11 is 0. The van der Waals surface area contributed by atoms with E-state index in [1.165, 1.54) is 32.4 Å². The molecule has 0 amide bonds. The van der Waals surface area contributed by atoms with Crippen molar-refractivity contribution in [3.8, 4) is 0 Å². The minimum absolute atomic E-state index is 0.489. The van der Waals surface area contributed by atoms with Crippen molar-refractivity contribution in [3.63, 3.8) is 0 Å². The van der Waals surface area contributed by atoms with E-state index in [1.807, 2.05) is 0 Å². The number of ether oxygens (including phenoxy) is 1. The summed E-state index contributed by atoms with van der Waals surface area (Å²) in [6.07, 6.45) is 3.91. The van der Waals surface area contributed by atoms with E-state index in [1.54, 1.807) is 0 Å². The third kappa shape index (κ3) is 7.41. The molecule has 2 fully saturated rings. The van der Waals surface area contributed by atoms with Crippen LogP contribution in [0.15, 0.2) is 4.99 Å². The van der Waals surface area contributed by atoms with Crippen LogP contribution in [-0.2, 0) is 4.74 Å². The van der Waals surface area contributed by atoms with Gasteiger partial charge in [-0.15, -0.1) is 0 Å². The largest absolute Gasteiger partial charge is 0.379 e. The van der Waals surface area contributed by atoms with Gasteiger partial charge in [0.2, 0.25) is 0 Å². The van der Waals surface area contributed by atoms with E-state index in [0.29, 0.717) is 12.0 Å². The Morgan fingerprint density at radius 3 is 2.42 bits per heavy atom. The van der Waals surface area contributed by atoms with E-state index < -0.39 is 0 Å². The maximum atomic E-state index is 5.51. The van der Waals surface area contributed by atoms with Gasteiger partial charge in [0, 0.05) is 32.2 Å². The Kier molecular flexibility index (Phi) is 9.72. The Morgan fingerprint density at radius 2 is 1.81 bits per heavy atom. The fourth-order valence-electron chi connectivity index (χ4n) is 3.93. The Bertz CT molecular complexity index is 401. The lowest BCUT2D eigenvalue weighted by atomic mass is 9.94. The van der Waals surface area contributed by atoms with Crippen molar-refractivity contribution in [1.82, 2.24) is 20.4 Å². The molecule has 0 aliphatic carbocycles. The average molecular weight is 368 g/mol. The van der Waals surface area contributed by atoms with Gasteiger partial charge in [-0.2, -0.15) is 0 Å². The monoisotopic (exact) mass is 367 g/mol. The van der Waals surface area contributed by atoms with E-state index in [-0.39, 0.29) is 0 Å². The molecule has 0 aromatic heterocycles. The van der Waals surface area contributed by atoms with Crippen LogP contribution in [-0.4, -0.2) is 87.9 Å². The Morgan fingerprint density at radius 1 is 1.12 bits per heavy atom. The molecule has 1 atom stereocenters. The zero-order chi connectivity index (χ0) is 18.8. The van der Waals surface area contributed by atoms with Crippen LogP contribution >= 0.6 is 0 Å². The first kappa shape index (κ1) is 21.5. The van der Waals surface area contributed by atoms with Crippen molar-refractivity contribution in [1.29, 1.82) is 0 Å². The molecule has 1 unspecified atom stereocenters. The molecular weight excluding hydrogens is 326 g/mol. The summed E-state index contributed by atoms with van der Waals surface area (Å²) in [5.41, 5.74) is 0. The Balaban J connectivity index is 1.79. The summed E-state index contributed by atoms with van der Waals surface area (Å²) in [7, 11) is 2.23. The summed E-state index contributed by atoms with van der Waals surface area (Å²) in [5, 5.41) is 6.97. The number of morpholine rings is 1. The van der Waals surface area contributed by atoms with E-state index in [4.69, 9.17) is 9.73 Å². The highest BCUT2D eigenvalue weighted by molar-refractivity contribution is 5.79. The van der Waals surface area contributed by atoms with Gasteiger partial charge < -0.3 is 20.3 Å². The summed E-state index contributed by atoms with van der Waals surface area (Å²) in [6, 6.07) is 0.489. The van der Waals surface area contributed by atoms with Crippen LogP contribution in [0.3, 0.4) is 0 Å². The normalized spacial score (nSPS) is 22.6. The molecule has 2 rings (SSSR count). The van der Waals surface area contributed by atoms with Crippen LogP contribution in [0.5, 0.6) is 0 Å². The zero-order valence-electron chi connectivity index (χ0n) is 17.5. The molecule has 0 aromatic rings. The highest BCUT2D eigenvalue weighted by atomic mass is 16.5. The molecule has 0 saturated carbocycles. The van der Waals surface area contributed by atoms with Crippen LogP contribution in [0.2, 0.25) is 0 Å². The van der Waals surface area contributed by atoms with Gasteiger partial charge in [-0.3, -0.25) is 9.89 Å². The van der Waals surface area contributed by atoms with Gasteiger partial charge >= 0.3 is 0 Å². The second-order valence-electron chi connectivity index (χ2n) is 8.14. The molecule has 26 heavy (non-hydrogen) atoms. The third-order valence-corrected chi connectivity index (χ3v) is 5.75. The number of hydrogen-bond donors (Lipinski definition) is 2. The van der Waals surface area contributed by atoms with Gasteiger partial charge in [0.25, 0.3) is 0 Å². The summed E-state index contributed by atoms with van der Waals surface area (Å²) in [4.78, 5) is 9.89. The molecule has 2 heterocycles. The number of nitrogens with one attached hydrogen (secondary N) is 2. The quantitative estimate of drug-likeness (QED) is 0.504. The number of rotatable bonds is 8. The Hall–Kier alpha value is -0.850. The average Bonchev–Trinajstić information content (AvgIpc) is 2.64. The standard InChI is InChI=1S/C20H41N5O/c1-5-21-20(22-9-6-18-7-10-24(4)11-8-18)23-16-19(17(2)3)25-12-14-26-15-13-25/h17-19H,5-16H2,1-4H3,(H2,21,22,23). The van der Waals surface area contributed by atoms with Gasteiger partial charge in [-0.1, -0.05) is 13.8 Å². The molecule has 6 heteroatoms. The van der Waals surface area contributed by atoms with Gasteiger partial charge in [-0.25, -0.2) is 0 Å². The minimum Gasteiger partial charge on any atom is -0.379 e. The lowest BCUT2D eigenvalue weighted by Crippen LogP contribution is -2.48. The van der Waals surface area contributed by atoms with Crippen LogP contribution in [0.4, 0.5) is 0 Å². The van der Waals surface area contributed by atoms with E-state index >= 15 is 0 Å². The van der Waals surface area contributed by atoms with Crippen molar-refractivity contribution < 1.29 is 4.74 Å². The van der Waals surface area contributed by atoms with Crippen molar-refractivity contribution in [2.75, 3.05) is 66.1 Å². The molecule has 2 N–H and O–H groups in total. The maximum Gasteiger partial charge on any atom is 0.191 e. The van der Waals surface area contributed by atoms with Crippen LogP contribution in [0.25, 0.3) is 0 Å². The minimum atomic E-state index is 0.489. The van der Waals surface area contributed by atoms with Crippen LogP contribution in [0, 0.1) is 11.8 Å². The van der Waals surface area contributed by atoms with Crippen LogP contribution < -0.4 is 10.6 Å². The molecule has 2 aliphatic heterocycles. The van der Waals surface area contributed by atoms with Crippen molar-refractivity contribution in [2.45, 2.75) is 46.1 Å². The van der Waals surface area contributed by atoms with Crippen molar-refractivity contribution >= 4 is 5.96 Å². The lowest BCUT2D eigenvalue weighted by molar-refractivity contribution is 0.00867. The second-order valence-corrected chi connectivity index (χ2v) is 8.14. The SMILES string of the molecule is CCNC(=NCC(C(C)C)N1CCOCC1)NCCC1CCN(C)CC1. The first-order valence-corrected chi connectivity index (χ1v) is 10.6. The number of nitrogens with zero attached hydrogens (tertiary/aromatic N) is 3. The Labute approximate surface area is 160 Å². The molecule has 2 saturated heterocycles. The van der Waals surface area contributed by atoms with E-state index in [9.17, 15) is 0 Å². The number of likely N-dealkylation sites (tertiary alicyclic amines) is 1. The lowest BCUT2D eigenvalue weighted by Gasteiger charge is -2.36. The molecule has 0 spiro atoms. The highest BCUT2D eigenvalue weighted by Crippen LogP contribution is 2.18. The first-order chi connectivity index (χ1) is 12.6. The van der Waals surface area contributed by atoms with Gasteiger partial charge in [0.15, 0.2) is 5.96 Å². The second kappa shape index (κ2) is 11.8. The third-order valence-electron chi connectivity index (χ3n) is 5.75. The topological polar surface area (TPSA) is 52.1 Å². The molecule has 0 bridgehead atoms. The predicted molar refractivity (Wildman–Crippen MR) is 110 cm³/mol. The summed E-state index contributed by atoms with van der Waals surface area (Å²) in [5.74, 6) is 2.43. The molecule has 6 nitrogen and oxygen atoms in total. The summed E-state index contributed by atoms with van der Waals surface area (Å²) in [6.45, 7) is 15.8.